The van der Waals surface area contributed by atoms with E-state index in [1.807, 2.05) is 29.5 Å². The molecule has 0 fully saturated rings. The van der Waals surface area contributed by atoms with Crippen LogP contribution in [0.4, 0.5) is 0 Å². The third kappa shape index (κ3) is 3.38. The third-order valence-electron chi connectivity index (χ3n) is 1.88. The lowest BCUT2D eigenvalue weighted by molar-refractivity contribution is 0.159. The molecule has 0 amide bonds. The van der Waals surface area contributed by atoms with E-state index in [9.17, 15) is 5.11 Å². The van der Waals surface area contributed by atoms with Crippen LogP contribution in [0, 0.1) is 6.20 Å². The average Bonchev–Trinajstić information content (AvgIpc) is 2.67. The highest BCUT2D eigenvalue weighted by molar-refractivity contribution is 7.10. The molecule has 0 aromatic carbocycles. The molecular formula is C11H14NOS-. The molecule has 0 saturated carbocycles. The molecule has 14 heavy (non-hydrogen) atoms. The van der Waals surface area contributed by atoms with Crippen molar-refractivity contribution in [3.63, 3.8) is 0 Å². The quantitative estimate of drug-likeness (QED) is 0.455. The Kier molecular flexibility index (Phi) is 4.47. The first-order valence-electron chi connectivity index (χ1n) is 4.44. The van der Waals surface area contributed by atoms with Gasteiger partial charge in [-0.2, -0.15) is 0 Å². The fourth-order valence-corrected chi connectivity index (χ4v) is 1.88. The summed E-state index contributed by atoms with van der Waals surface area (Å²) in [5.41, 5.74) is 2.57. The van der Waals surface area contributed by atoms with Crippen molar-refractivity contribution in [2.24, 2.45) is 0 Å². The molecule has 1 N–H and O–H groups in total. The SMILES string of the molecule is C=C=[C-]N(C)CCC(O)c1cccs1. The van der Waals surface area contributed by atoms with E-state index in [0.717, 1.165) is 11.4 Å². The predicted molar refractivity (Wildman–Crippen MR) is 58.9 cm³/mol. The first-order valence-corrected chi connectivity index (χ1v) is 5.32. The molecular weight excluding hydrogens is 194 g/mol. The van der Waals surface area contributed by atoms with Crippen LogP contribution in [0.2, 0.25) is 0 Å². The summed E-state index contributed by atoms with van der Waals surface area (Å²) in [4.78, 5) is 2.85. The third-order valence-corrected chi connectivity index (χ3v) is 2.85. The molecule has 1 unspecified atom stereocenters. The lowest BCUT2D eigenvalue weighted by atomic mass is 10.2. The normalized spacial score (nSPS) is 11.9. The largest absolute Gasteiger partial charge is 0.458 e. The topological polar surface area (TPSA) is 23.5 Å². The van der Waals surface area contributed by atoms with Crippen LogP contribution in [0.1, 0.15) is 17.4 Å². The molecule has 0 aliphatic heterocycles. The maximum absolute atomic E-state index is 9.75. The van der Waals surface area contributed by atoms with Gasteiger partial charge < -0.3 is 15.7 Å². The van der Waals surface area contributed by atoms with Crippen LogP contribution >= 0.6 is 11.3 Å². The van der Waals surface area contributed by atoms with Gasteiger partial charge in [-0.25, -0.2) is 6.58 Å². The molecule has 0 bridgehead atoms. The Hall–Kier alpha value is -1.02. The Labute approximate surface area is 88.8 Å². The van der Waals surface area contributed by atoms with Gasteiger partial charge in [-0.15, -0.1) is 17.5 Å². The standard InChI is InChI=1S/C11H14NOS/c1-3-7-12(2)8-6-10(13)11-5-4-9-14-11/h4-5,9-10,13H,1,6,8H2,2H3/q-1. The van der Waals surface area contributed by atoms with Crippen LogP contribution in [0.5, 0.6) is 0 Å². The lowest BCUT2D eigenvalue weighted by Gasteiger charge is -2.19. The molecule has 76 valence electrons. The molecule has 1 rings (SSSR count). The Balaban J connectivity index is 2.35. The number of thiophene rings is 1. The van der Waals surface area contributed by atoms with Gasteiger partial charge in [0.1, 0.15) is 0 Å². The summed E-state index contributed by atoms with van der Waals surface area (Å²) in [5.74, 6) is 0. The Bertz CT molecular complexity index is 301. The van der Waals surface area contributed by atoms with E-state index in [1.54, 1.807) is 11.3 Å². The van der Waals surface area contributed by atoms with Crippen molar-refractivity contribution in [2.45, 2.75) is 12.5 Å². The van der Waals surface area contributed by atoms with Gasteiger partial charge in [0.25, 0.3) is 0 Å². The van der Waals surface area contributed by atoms with E-state index in [1.165, 1.54) is 0 Å². The van der Waals surface area contributed by atoms with Gasteiger partial charge in [0.05, 0.1) is 6.10 Å². The molecule has 3 heteroatoms. The highest BCUT2D eigenvalue weighted by atomic mass is 32.1. The van der Waals surface area contributed by atoms with E-state index in [0.29, 0.717) is 6.42 Å². The van der Waals surface area contributed by atoms with E-state index in [4.69, 9.17) is 0 Å². The van der Waals surface area contributed by atoms with E-state index in [2.05, 4.69) is 18.5 Å². The van der Waals surface area contributed by atoms with Crippen molar-refractivity contribution >= 4 is 11.3 Å². The van der Waals surface area contributed by atoms with Gasteiger partial charge >= 0.3 is 0 Å². The van der Waals surface area contributed by atoms with Crippen LogP contribution in [-0.2, 0) is 0 Å². The number of nitrogens with zero attached hydrogens (tertiary/aromatic N) is 1. The maximum atomic E-state index is 9.75. The van der Waals surface area contributed by atoms with Crippen LogP contribution in [0.15, 0.2) is 29.8 Å². The van der Waals surface area contributed by atoms with Crippen molar-refractivity contribution in [1.82, 2.24) is 4.90 Å². The van der Waals surface area contributed by atoms with Crippen molar-refractivity contribution < 1.29 is 5.11 Å². The Morgan fingerprint density at radius 3 is 3.14 bits per heavy atom. The van der Waals surface area contributed by atoms with Crippen molar-refractivity contribution in [1.29, 1.82) is 0 Å². The minimum Gasteiger partial charge on any atom is -0.458 e. The molecule has 1 aromatic heterocycles. The predicted octanol–water partition coefficient (Wildman–Crippen LogP) is 2.21. The van der Waals surface area contributed by atoms with Crippen LogP contribution in [-0.4, -0.2) is 23.6 Å². The Morgan fingerprint density at radius 2 is 2.57 bits per heavy atom. The zero-order valence-corrected chi connectivity index (χ0v) is 9.05. The van der Waals surface area contributed by atoms with Crippen LogP contribution in [0.25, 0.3) is 0 Å². The van der Waals surface area contributed by atoms with Crippen LogP contribution < -0.4 is 0 Å². The average molecular weight is 208 g/mol. The number of aliphatic hydroxyl groups is 1. The molecule has 1 atom stereocenters. The molecule has 1 aromatic rings. The second kappa shape index (κ2) is 5.66. The minimum absolute atomic E-state index is 0.371. The second-order valence-corrected chi connectivity index (χ2v) is 4.01. The summed E-state index contributed by atoms with van der Waals surface area (Å²) >= 11 is 1.58. The molecule has 0 aliphatic carbocycles. The van der Waals surface area contributed by atoms with Gasteiger partial charge in [0, 0.05) is 11.4 Å². The van der Waals surface area contributed by atoms with Gasteiger partial charge in [-0.3, -0.25) is 0 Å². The van der Waals surface area contributed by atoms with E-state index in [-0.39, 0.29) is 6.10 Å². The lowest BCUT2D eigenvalue weighted by Crippen LogP contribution is -2.15. The fraction of sp³-hybridized carbons (Fsp3) is 0.364. The number of hydrogen-bond acceptors (Lipinski definition) is 3. The summed E-state index contributed by atoms with van der Waals surface area (Å²) in [7, 11) is 1.89. The zero-order chi connectivity index (χ0) is 10.4. The van der Waals surface area contributed by atoms with Gasteiger partial charge in [0.15, 0.2) is 0 Å². The maximum Gasteiger partial charge on any atom is 0.0898 e. The number of rotatable bonds is 5. The van der Waals surface area contributed by atoms with Gasteiger partial charge in [0.2, 0.25) is 0 Å². The first kappa shape index (κ1) is 11.1. The summed E-state index contributed by atoms with van der Waals surface area (Å²) in [6.07, 6.45) is 3.14. The van der Waals surface area contributed by atoms with Gasteiger partial charge in [-0.05, 0) is 24.9 Å². The number of hydrogen-bond donors (Lipinski definition) is 1. The molecule has 1 heterocycles. The monoisotopic (exact) mass is 208 g/mol. The minimum atomic E-state index is -0.371. The molecule has 0 spiro atoms. The molecule has 0 radical (unpaired) electrons. The summed E-state index contributed by atoms with van der Waals surface area (Å²) in [6, 6.07) is 3.89. The summed E-state index contributed by atoms with van der Waals surface area (Å²) < 4.78 is 0. The first-order chi connectivity index (χ1) is 6.74. The smallest absolute Gasteiger partial charge is 0.0898 e. The van der Waals surface area contributed by atoms with Crippen molar-refractivity contribution in [3.05, 3.63) is 40.9 Å². The van der Waals surface area contributed by atoms with Crippen LogP contribution in [0.3, 0.4) is 0 Å². The summed E-state index contributed by atoms with van der Waals surface area (Å²) in [6.45, 7) is 4.19. The van der Waals surface area contributed by atoms with Crippen molar-refractivity contribution in [3.8, 4) is 0 Å². The number of aliphatic hydroxyl groups excluding tert-OH is 1. The molecule has 0 aliphatic rings. The van der Waals surface area contributed by atoms with E-state index < -0.39 is 0 Å². The van der Waals surface area contributed by atoms with Gasteiger partial charge in [-0.1, -0.05) is 6.07 Å². The summed E-state index contributed by atoms with van der Waals surface area (Å²) in [5, 5.41) is 11.7. The van der Waals surface area contributed by atoms with Crippen molar-refractivity contribution in [2.75, 3.05) is 13.6 Å². The fourth-order valence-electron chi connectivity index (χ4n) is 1.13. The second-order valence-electron chi connectivity index (χ2n) is 3.03. The molecule has 2 nitrogen and oxygen atoms in total. The van der Waals surface area contributed by atoms with E-state index >= 15 is 0 Å². The highest BCUT2D eigenvalue weighted by Crippen LogP contribution is 2.21. The molecule has 0 saturated heterocycles. The highest BCUT2D eigenvalue weighted by Gasteiger charge is 2.07. The Morgan fingerprint density at radius 1 is 1.79 bits per heavy atom. The zero-order valence-electron chi connectivity index (χ0n) is 8.23.